The molecule has 0 aliphatic heterocycles. The van der Waals surface area contributed by atoms with Crippen LogP contribution < -0.4 is 11.1 Å². The summed E-state index contributed by atoms with van der Waals surface area (Å²) in [5, 5.41) is 2.95. The number of hydrogen-bond acceptors (Lipinski definition) is 3. The van der Waals surface area contributed by atoms with Crippen LogP contribution in [0, 0.1) is 0 Å². The molecule has 16 heavy (non-hydrogen) atoms. The van der Waals surface area contributed by atoms with E-state index >= 15 is 0 Å². The third kappa shape index (κ3) is 3.50. The fourth-order valence-corrected chi connectivity index (χ4v) is 2.54. The number of carbonyl (C=O) groups is 1. The molecule has 0 aromatic heterocycles. The average Bonchev–Trinajstić information content (AvgIpc) is 2.28. The molecule has 0 bridgehead atoms. The van der Waals surface area contributed by atoms with E-state index in [1.165, 1.54) is 0 Å². The van der Waals surface area contributed by atoms with Crippen LogP contribution in [0.4, 0.5) is 5.69 Å². The molecular weight excluding hydrogens is 248 g/mol. The molecule has 0 spiro atoms. The monoisotopic (exact) mass is 260 g/mol. The lowest BCUT2D eigenvalue weighted by atomic mass is 10.3. The highest BCUT2D eigenvalue weighted by Gasteiger charge is 2.10. The van der Waals surface area contributed by atoms with Gasteiger partial charge >= 0.3 is 0 Å². The van der Waals surface area contributed by atoms with E-state index < -0.39 is 10.8 Å². The quantitative estimate of drug-likeness (QED) is 0.798. The predicted molar refractivity (Wildman–Crippen MR) is 65.8 cm³/mol. The predicted octanol–water partition coefficient (Wildman–Crippen LogP) is 1.17. The van der Waals surface area contributed by atoms with E-state index in [-0.39, 0.29) is 18.1 Å². The van der Waals surface area contributed by atoms with Crippen LogP contribution in [0.15, 0.2) is 23.1 Å². The molecule has 3 N–H and O–H groups in total. The summed E-state index contributed by atoms with van der Waals surface area (Å²) in [5.74, 6) is 0.0958. The molecule has 0 saturated carbocycles. The van der Waals surface area contributed by atoms with Crippen molar-refractivity contribution in [2.24, 2.45) is 0 Å². The highest BCUT2D eigenvalue weighted by atomic mass is 35.5. The van der Waals surface area contributed by atoms with Crippen LogP contribution in [-0.4, -0.2) is 22.9 Å². The Morgan fingerprint density at radius 1 is 1.56 bits per heavy atom. The Hall–Kier alpha value is -1.07. The minimum absolute atomic E-state index is 0.144. The van der Waals surface area contributed by atoms with E-state index in [4.69, 9.17) is 17.3 Å². The molecule has 0 radical (unpaired) electrons. The van der Waals surface area contributed by atoms with Crippen LogP contribution >= 0.6 is 11.6 Å². The van der Waals surface area contributed by atoms with Gasteiger partial charge in [-0.15, -0.1) is 0 Å². The number of rotatable bonds is 4. The molecule has 0 aliphatic rings. The van der Waals surface area contributed by atoms with Gasteiger partial charge in [-0.1, -0.05) is 11.6 Å². The van der Waals surface area contributed by atoms with Crippen LogP contribution in [0.1, 0.15) is 6.42 Å². The molecule has 0 fully saturated rings. The first-order valence-electron chi connectivity index (χ1n) is 4.68. The van der Waals surface area contributed by atoms with Crippen molar-refractivity contribution < 1.29 is 9.00 Å². The van der Waals surface area contributed by atoms with Crippen molar-refractivity contribution in [3.05, 3.63) is 23.2 Å². The maximum Gasteiger partial charge on any atom is 0.220 e. The Bertz CT molecular complexity index is 423. The summed E-state index contributed by atoms with van der Waals surface area (Å²) in [6.45, 7) is 0. The highest BCUT2D eigenvalue weighted by molar-refractivity contribution is 7.85. The van der Waals surface area contributed by atoms with Gasteiger partial charge in [0.2, 0.25) is 5.91 Å². The standard InChI is InChI=1S/C10H13ClN2O2S/c1-13-10(14)4-5-16(15)9-6-7(11)2-3-8(9)12/h2-3,6H,4-5,12H2,1H3,(H,13,14). The Kier molecular flexibility index (Phi) is 4.76. The van der Waals surface area contributed by atoms with Gasteiger partial charge in [0.15, 0.2) is 0 Å². The SMILES string of the molecule is CNC(=O)CCS(=O)c1cc(Cl)ccc1N. The van der Waals surface area contributed by atoms with E-state index in [2.05, 4.69) is 5.32 Å². The second-order valence-corrected chi connectivity index (χ2v) is 5.13. The van der Waals surface area contributed by atoms with Crippen LogP contribution in [0.5, 0.6) is 0 Å². The first kappa shape index (κ1) is 13.0. The van der Waals surface area contributed by atoms with Gasteiger partial charge in [-0.3, -0.25) is 9.00 Å². The van der Waals surface area contributed by atoms with Crippen molar-refractivity contribution in [3.63, 3.8) is 0 Å². The lowest BCUT2D eigenvalue weighted by Gasteiger charge is -2.05. The molecule has 6 heteroatoms. The molecule has 1 unspecified atom stereocenters. The van der Waals surface area contributed by atoms with E-state index in [0.717, 1.165) is 0 Å². The fraction of sp³-hybridized carbons (Fsp3) is 0.300. The summed E-state index contributed by atoms with van der Waals surface area (Å²) in [7, 11) is 0.243. The number of nitrogens with two attached hydrogens (primary N) is 1. The van der Waals surface area contributed by atoms with Crippen molar-refractivity contribution in [1.82, 2.24) is 5.32 Å². The Balaban J connectivity index is 2.73. The number of hydrogen-bond donors (Lipinski definition) is 2. The minimum atomic E-state index is -1.30. The number of nitrogens with one attached hydrogen (secondary N) is 1. The van der Waals surface area contributed by atoms with Gasteiger partial charge in [-0.25, -0.2) is 0 Å². The summed E-state index contributed by atoms with van der Waals surface area (Å²) in [5.41, 5.74) is 6.11. The molecule has 88 valence electrons. The molecule has 1 rings (SSSR count). The van der Waals surface area contributed by atoms with Crippen molar-refractivity contribution in [1.29, 1.82) is 0 Å². The van der Waals surface area contributed by atoms with Crippen LogP contribution in [-0.2, 0) is 15.6 Å². The lowest BCUT2D eigenvalue weighted by Crippen LogP contribution is -2.20. The molecule has 0 heterocycles. The maximum absolute atomic E-state index is 11.8. The molecule has 1 aromatic carbocycles. The van der Waals surface area contributed by atoms with Gasteiger partial charge in [0, 0.05) is 29.9 Å². The number of halogens is 1. The third-order valence-corrected chi connectivity index (χ3v) is 3.67. The maximum atomic E-state index is 11.8. The molecule has 1 amide bonds. The number of benzene rings is 1. The molecular formula is C10H13ClN2O2S. The smallest absolute Gasteiger partial charge is 0.220 e. The zero-order valence-corrected chi connectivity index (χ0v) is 10.4. The number of carbonyl (C=O) groups excluding carboxylic acids is 1. The zero-order valence-electron chi connectivity index (χ0n) is 8.83. The third-order valence-electron chi connectivity index (χ3n) is 2.01. The van der Waals surface area contributed by atoms with Gasteiger partial charge in [0.25, 0.3) is 0 Å². The Morgan fingerprint density at radius 2 is 2.25 bits per heavy atom. The normalized spacial score (nSPS) is 12.1. The van der Waals surface area contributed by atoms with Crippen LogP contribution in [0.2, 0.25) is 5.02 Å². The minimum Gasteiger partial charge on any atom is -0.398 e. The number of anilines is 1. The van der Waals surface area contributed by atoms with Crippen LogP contribution in [0.3, 0.4) is 0 Å². The Morgan fingerprint density at radius 3 is 2.88 bits per heavy atom. The molecule has 0 saturated heterocycles. The summed E-state index contributed by atoms with van der Waals surface area (Å²) in [6, 6.07) is 4.81. The average molecular weight is 261 g/mol. The van der Waals surface area contributed by atoms with Crippen molar-refractivity contribution in [2.45, 2.75) is 11.3 Å². The molecule has 0 aliphatic carbocycles. The second-order valence-electron chi connectivity index (χ2n) is 3.15. The summed E-state index contributed by atoms with van der Waals surface area (Å²) >= 11 is 5.78. The summed E-state index contributed by atoms with van der Waals surface area (Å²) in [6.07, 6.45) is 0.203. The lowest BCUT2D eigenvalue weighted by molar-refractivity contribution is -0.120. The van der Waals surface area contributed by atoms with E-state index in [1.807, 2.05) is 0 Å². The first-order valence-corrected chi connectivity index (χ1v) is 6.38. The molecule has 4 nitrogen and oxygen atoms in total. The topological polar surface area (TPSA) is 72.2 Å². The van der Waals surface area contributed by atoms with Crippen LogP contribution in [0.25, 0.3) is 0 Å². The number of amides is 1. The van der Waals surface area contributed by atoms with E-state index in [0.29, 0.717) is 15.6 Å². The van der Waals surface area contributed by atoms with E-state index in [9.17, 15) is 9.00 Å². The van der Waals surface area contributed by atoms with Crippen molar-refractivity contribution >= 4 is 34.0 Å². The first-order chi connectivity index (χ1) is 7.54. The van der Waals surface area contributed by atoms with Gasteiger partial charge in [0.05, 0.1) is 15.7 Å². The fourth-order valence-electron chi connectivity index (χ4n) is 1.13. The summed E-state index contributed by atoms with van der Waals surface area (Å²) < 4.78 is 11.8. The van der Waals surface area contributed by atoms with Gasteiger partial charge in [-0.05, 0) is 18.2 Å². The largest absolute Gasteiger partial charge is 0.398 e. The van der Waals surface area contributed by atoms with Gasteiger partial charge < -0.3 is 11.1 Å². The molecule has 1 aromatic rings. The van der Waals surface area contributed by atoms with Gasteiger partial charge in [-0.2, -0.15) is 0 Å². The van der Waals surface area contributed by atoms with E-state index in [1.54, 1.807) is 25.2 Å². The molecule has 1 atom stereocenters. The second kappa shape index (κ2) is 5.86. The van der Waals surface area contributed by atoms with Crippen molar-refractivity contribution in [2.75, 3.05) is 18.5 Å². The highest BCUT2D eigenvalue weighted by Crippen LogP contribution is 2.21. The van der Waals surface area contributed by atoms with Crippen molar-refractivity contribution in [3.8, 4) is 0 Å². The van der Waals surface area contributed by atoms with Gasteiger partial charge in [0.1, 0.15) is 0 Å². The summed E-state index contributed by atoms with van der Waals surface area (Å²) in [4.78, 5) is 11.5. The Labute approximate surface area is 102 Å². The number of nitrogen functional groups attached to an aromatic ring is 1. The zero-order chi connectivity index (χ0) is 12.1.